The fourth-order valence-corrected chi connectivity index (χ4v) is 2.82. The Kier molecular flexibility index (Phi) is 6.06. The first kappa shape index (κ1) is 15.0. The zero-order valence-electron chi connectivity index (χ0n) is 12.4. The SMILES string of the molecule is C[C@H]1CCCN(CCCCOc2ccccc2C=O)C1. The van der Waals surface area contributed by atoms with Crippen LogP contribution in [0.15, 0.2) is 24.3 Å². The average molecular weight is 275 g/mol. The minimum absolute atomic E-state index is 0.636. The van der Waals surface area contributed by atoms with Gasteiger partial charge in [0.2, 0.25) is 0 Å². The largest absolute Gasteiger partial charge is 0.493 e. The summed E-state index contributed by atoms with van der Waals surface area (Å²) >= 11 is 0. The minimum atomic E-state index is 0.636. The lowest BCUT2D eigenvalue weighted by atomic mass is 10.0. The number of likely N-dealkylation sites (tertiary alicyclic amines) is 1. The van der Waals surface area contributed by atoms with E-state index in [2.05, 4.69) is 11.8 Å². The summed E-state index contributed by atoms with van der Waals surface area (Å²) in [5, 5.41) is 0. The molecular weight excluding hydrogens is 250 g/mol. The minimum Gasteiger partial charge on any atom is -0.493 e. The quantitative estimate of drug-likeness (QED) is 0.564. The molecule has 0 saturated carbocycles. The second-order valence-electron chi connectivity index (χ2n) is 5.76. The number of aldehydes is 1. The van der Waals surface area contributed by atoms with Crippen LogP contribution in [0.4, 0.5) is 0 Å². The molecular formula is C17H25NO2. The van der Waals surface area contributed by atoms with Crippen molar-refractivity contribution in [3.8, 4) is 5.75 Å². The maximum absolute atomic E-state index is 10.9. The van der Waals surface area contributed by atoms with Crippen LogP contribution in [-0.2, 0) is 0 Å². The lowest BCUT2D eigenvalue weighted by Crippen LogP contribution is -2.35. The van der Waals surface area contributed by atoms with Gasteiger partial charge in [-0.2, -0.15) is 0 Å². The van der Waals surface area contributed by atoms with Crippen molar-refractivity contribution in [2.24, 2.45) is 5.92 Å². The van der Waals surface area contributed by atoms with Gasteiger partial charge < -0.3 is 9.64 Å². The smallest absolute Gasteiger partial charge is 0.153 e. The molecule has 0 bridgehead atoms. The van der Waals surface area contributed by atoms with Crippen molar-refractivity contribution in [2.75, 3.05) is 26.2 Å². The van der Waals surface area contributed by atoms with Crippen LogP contribution in [0.1, 0.15) is 43.0 Å². The number of benzene rings is 1. The summed E-state index contributed by atoms with van der Waals surface area (Å²) in [6.07, 6.45) is 5.77. The van der Waals surface area contributed by atoms with E-state index in [1.165, 1.54) is 32.5 Å². The van der Waals surface area contributed by atoms with Gasteiger partial charge in [-0.25, -0.2) is 0 Å². The first-order valence-corrected chi connectivity index (χ1v) is 7.69. The van der Waals surface area contributed by atoms with E-state index in [1.807, 2.05) is 18.2 Å². The monoisotopic (exact) mass is 275 g/mol. The van der Waals surface area contributed by atoms with Crippen molar-refractivity contribution in [2.45, 2.75) is 32.6 Å². The van der Waals surface area contributed by atoms with Gasteiger partial charge in [0.15, 0.2) is 6.29 Å². The number of hydrogen-bond acceptors (Lipinski definition) is 3. The summed E-state index contributed by atoms with van der Waals surface area (Å²) in [4.78, 5) is 13.4. The molecule has 3 nitrogen and oxygen atoms in total. The Morgan fingerprint density at radius 3 is 3.00 bits per heavy atom. The molecule has 1 saturated heterocycles. The van der Waals surface area contributed by atoms with E-state index < -0.39 is 0 Å². The van der Waals surface area contributed by atoms with Gasteiger partial charge in [0.25, 0.3) is 0 Å². The fraction of sp³-hybridized carbons (Fsp3) is 0.588. The van der Waals surface area contributed by atoms with Crippen LogP contribution in [0, 0.1) is 5.92 Å². The molecule has 1 aromatic carbocycles. The third-order valence-electron chi connectivity index (χ3n) is 3.91. The van der Waals surface area contributed by atoms with Crippen molar-refractivity contribution in [3.63, 3.8) is 0 Å². The van der Waals surface area contributed by atoms with Crippen LogP contribution < -0.4 is 4.74 Å². The number of unbranched alkanes of at least 4 members (excludes halogenated alkanes) is 1. The summed E-state index contributed by atoms with van der Waals surface area (Å²) in [5.74, 6) is 1.55. The molecule has 1 aliphatic heterocycles. The van der Waals surface area contributed by atoms with Gasteiger partial charge in [-0.1, -0.05) is 19.1 Å². The number of nitrogens with zero attached hydrogens (tertiary/aromatic N) is 1. The number of rotatable bonds is 7. The van der Waals surface area contributed by atoms with E-state index in [1.54, 1.807) is 6.07 Å². The summed E-state index contributed by atoms with van der Waals surface area (Å²) in [5.41, 5.74) is 0.636. The number of ether oxygens (including phenoxy) is 1. The van der Waals surface area contributed by atoms with E-state index in [9.17, 15) is 4.79 Å². The standard InChI is InChI=1S/C17H25NO2/c1-15-7-6-11-18(13-15)10-4-5-12-20-17-9-3-2-8-16(17)14-19/h2-3,8-9,14-15H,4-7,10-13H2,1H3/t15-/m0/s1. The summed E-state index contributed by atoms with van der Waals surface area (Å²) < 4.78 is 5.69. The topological polar surface area (TPSA) is 29.5 Å². The van der Waals surface area contributed by atoms with Crippen molar-refractivity contribution in [3.05, 3.63) is 29.8 Å². The molecule has 20 heavy (non-hydrogen) atoms. The molecule has 0 aliphatic carbocycles. The second-order valence-corrected chi connectivity index (χ2v) is 5.76. The fourth-order valence-electron chi connectivity index (χ4n) is 2.82. The molecule has 1 fully saturated rings. The maximum atomic E-state index is 10.9. The number of hydrogen-bond donors (Lipinski definition) is 0. The van der Waals surface area contributed by atoms with Gasteiger partial charge in [0, 0.05) is 6.54 Å². The predicted octanol–water partition coefficient (Wildman–Crippen LogP) is 3.39. The molecule has 0 unspecified atom stereocenters. The van der Waals surface area contributed by atoms with Gasteiger partial charge in [0.1, 0.15) is 5.75 Å². The van der Waals surface area contributed by atoms with E-state index in [0.717, 1.165) is 25.0 Å². The lowest BCUT2D eigenvalue weighted by molar-refractivity contribution is 0.111. The predicted molar refractivity (Wildman–Crippen MR) is 81.4 cm³/mol. The molecule has 3 heteroatoms. The van der Waals surface area contributed by atoms with Gasteiger partial charge in [-0.05, 0) is 56.8 Å². The van der Waals surface area contributed by atoms with Crippen LogP contribution in [0.5, 0.6) is 5.75 Å². The van der Waals surface area contributed by atoms with Crippen LogP contribution in [0.25, 0.3) is 0 Å². The maximum Gasteiger partial charge on any atom is 0.153 e. The molecule has 0 aromatic heterocycles. The highest BCUT2D eigenvalue weighted by atomic mass is 16.5. The molecule has 1 aromatic rings. The van der Waals surface area contributed by atoms with Gasteiger partial charge in [-0.3, -0.25) is 4.79 Å². The highest BCUT2D eigenvalue weighted by molar-refractivity contribution is 5.79. The Bertz CT molecular complexity index is 419. The Morgan fingerprint density at radius 2 is 2.20 bits per heavy atom. The Morgan fingerprint density at radius 1 is 1.35 bits per heavy atom. The van der Waals surface area contributed by atoms with E-state index in [0.29, 0.717) is 17.9 Å². The van der Waals surface area contributed by atoms with Crippen LogP contribution in [0.3, 0.4) is 0 Å². The number of piperidine rings is 1. The van der Waals surface area contributed by atoms with Crippen molar-refractivity contribution in [1.82, 2.24) is 4.90 Å². The first-order chi connectivity index (χ1) is 9.79. The van der Waals surface area contributed by atoms with Crippen LogP contribution >= 0.6 is 0 Å². The van der Waals surface area contributed by atoms with Crippen molar-refractivity contribution in [1.29, 1.82) is 0 Å². The highest BCUT2D eigenvalue weighted by Gasteiger charge is 2.15. The van der Waals surface area contributed by atoms with Gasteiger partial charge in [-0.15, -0.1) is 0 Å². The third kappa shape index (κ3) is 4.64. The molecule has 2 rings (SSSR count). The highest BCUT2D eigenvalue weighted by Crippen LogP contribution is 2.17. The normalized spacial score (nSPS) is 19.8. The second kappa shape index (κ2) is 8.05. The molecule has 1 heterocycles. The number of para-hydroxylation sites is 1. The Hall–Kier alpha value is -1.35. The van der Waals surface area contributed by atoms with Crippen molar-refractivity contribution >= 4 is 6.29 Å². The van der Waals surface area contributed by atoms with Crippen molar-refractivity contribution < 1.29 is 9.53 Å². The van der Waals surface area contributed by atoms with E-state index in [4.69, 9.17) is 4.74 Å². The molecule has 0 radical (unpaired) electrons. The first-order valence-electron chi connectivity index (χ1n) is 7.69. The zero-order valence-corrected chi connectivity index (χ0v) is 12.4. The molecule has 110 valence electrons. The van der Waals surface area contributed by atoms with Gasteiger partial charge >= 0.3 is 0 Å². The lowest BCUT2D eigenvalue weighted by Gasteiger charge is -2.30. The summed E-state index contributed by atoms with van der Waals surface area (Å²) in [6, 6.07) is 7.40. The van der Waals surface area contributed by atoms with E-state index >= 15 is 0 Å². The van der Waals surface area contributed by atoms with Crippen LogP contribution in [0.2, 0.25) is 0 Å². The Balaban J connectivity index is 1.63. The average Bonchev–Trinajstić information content (AvgIpc) is 2.47. The Labute approximate surface area is 121 Å². The number of carbonyl (C=O) groups excluding carboxylic acids is 1. The zero-order chi connectivity index (χ0) is 14.2. The number of carbonyl (C=O) groups is 1. The third-order valence-corrected chi connectivity index (χ3v) is 3.91. The van der Waals surface area contributed by atoms with Crippen LogP contribution in [-0.4, -0.2) is 37.4 Å². The molecule has 1 aliphatic rings. The van der Waals surface area contributed by atoms with Gasteiger partial charge in [0.05, 0.1) is 12.2 Å². The molecule has 0 spiro atoms. The molecule has 1 atom stereocenters. The molecule has 0 N–H and O–H groups in total. The summed E-state index contributed by atoms with van der Waals surface area (Å²) in [7, 11) is 0. The summed E-state index contributed by atoms with van der Waals surface area (Å²) in [6.45, 7) is 6.69. The van der Waals surface area contributed by atoms with E-state index in [-0.39, 0.29) is 0 Å². The molecule has 0 amide bonds.